The van der Waals surface area contributed by atoms with Crippen molar-refractivity contribution in [2.45, 2.75) is 25.7 Å². The molecule has 0 radical (unpaired) electrons. The molecule has 3 aromatic carbocycles. The van der Waals surface area contributed by atoms with Crippen LogP contribution in [0.3, 0.4) is 0 Å². The number of nitrogens with zero attached hydrogens (tertiary/aromatic N) is 1. The van der Waals surface area contributed by atoms with Gasteiger partial charge in [-0.15, -0.1) is 0 Å². The monoisotopic (exact) mass is 512 g/mol. The molecule has 0 bridgehead atoms. The van der Waals surface area contributed by atoms with Gasteiger partial charge in [0.2, 0.25) is 5.88 Å². The van der Waals surface area contributed by atoms with E-state index in [4.69, 9.17) is 4.42 Å². The first-order chi connectivity index (χ1) is 17.6. The van der Waals surface area contributed by atoms with Gasteiger partial charge in [-0.2, -0.15) is 13.2 Å². The summed E-state index contributed by atoms with van der Waals surface area (Å²) in [5.74, 6) is -1.37. The summed E-state index contributed by atoms with van der Waals surface area (Å²) in [4.78, 5) is 26.1. The van der Waals surface area contributed by atoms with E-state index >= 15 is 0 Å². The molecule has 5 rings (SSSR count). The Morgan fingerprint density at radius 3 is 2.54 bits per heavy atom. The number of fused-ring (bicyclic) bond motifs is 2. The molecule has 0 saturated carbocycles. The third kappa shape index (κ3) is 4.87. The van der Waals surface area contributed by atoms with Gasteiger partial charge in [0.25, 0.3) is 0 Å². The van der Waals surface area contributed by atoms with Crippen LogP contribution in [0.25, 0.3) is 11.0 Å². The van der Waals surface area contributed by atoms with E-state index in [1.165, 1.54) is 18.2 Å². The molecule has 0 amide bonds. The average Bonchev–Trinajstić information content (AvgIpc) is 3.27. The molecule has 6 nitrogen and oxygen atoms in total. The zero-order valence-corrected chi connectivity index (χ0v) is 19.2. The zero-order valence-electron chi connectivity index (χ0n) is 19.2. The second kappa shape index (κ2) is 9.27. The molecular weight excluding hydrogens is 492 g/mol. The quantitative estimate of drug-likeness (QED) is 0.317. The first-order valence-corrected chi connectivity index (χ1v) is 11.4. The maximum Gasteiger partial charge on any atom is 0.416 e. The number of carboxylic acid groups (broad SMARTS) is 1. The first-order valence-electron chi connectivity index (χ1n) is 11.4. The molecule has 0 aliphatic carbocycles. The standard InChI is InChI=1S/C27H20F4N2O4/c28-19-6-5-16-13-33(14-17(16)10-19)24-12-23(34)21-11-18(27(29,30)31)9-15(25(21)37-24)7-8-32-22-4-2-1-3-20(22)26(35)36/h1-6,9-12,32H,7-8,13-14H2,(H,35,36). The Kier molecular flexibility index (Phi) is 6.10. The van der Waals surface area contributed by atoms with Crippen LogP contribution >= 0.6 is 0 Å². The van der Waals surface area contributed by atoms with Crippen LogP contribution in [0, 0.1) is 5.82 Å². The lowest BCUT2D eigenvalue weighted by Gasteiger charge is -2.18. The fourth-order valence-corrected chi connectivity index (χ4v) is 4.50. The van der Waals surface area contributed by atoms with Gasteiger partial charge in [-0.05, 0) is 59.5 Å². The number of benzene rings is 3. The van der Waals surface area contributed by atoms with Gasteiger partial charge < -0.3 is 19.7 Å². The number of hydrogen-bond donors (Lipinski definition) is 2. The minimum absolute atomic E-state index is 0.0194. The molecule has 1 aromatic heterocycles. The lowest BCUT2D eigenvalue weighted by molar-refractivity contribution is -0.137. The van der Waals surface area contributed by atoms with E-state index in [2.05, 4.69) is 5.32 Å². The molecule has 37 heavy (non-hydrogen) atoms. The van der Waals surface area contributed by atoms with Crippen molar-refractivity contribution in [2.24, 2.45) is 0 Å². The molecule has 0 fully saturated rings. The van der Waals surface area contributed by atoms with Crippen molar-refractivity contribution in [1.29, 1.82) is 0 Å². The SMILES string of the molecule is O=C(O)c1ccccc1NCCc1cc(C(F)(F)F)cc2c(=O)cc(N3Cc4ccc(F)cc4C3)oc12. The first kappa shape index (κ1) is 24.4. The Morgan fingerprint density at radius 1 is 1.03 bits per heavy atom. The van der Waals surface area contributed by atoms with Crippen molar-refractivity contribution in [3.63, 3.8) is 0 Å². The summed E-state index contributed by atoms with van der Waals surface area (Å²) in [7, 11) is 0. The van der Waals surface area contributed by atoms with E-state index in [0.29, 0.717) is 12.2 Å². The van der Waals surface area contributed by atoms with E-state index in [9.17, 15) is 32.3 Å². The van der Waals surface area contributed by atoms with Crippen LogP contribution in [0.15, 0.2) is 69.9 Å². The Labute approximate surface area is 207 Å². The third-order valence-electron chi connectivity index (χ3n) is 6.29. The van der Waals surface area contributed by atoms with Crippen molar-refractivity contribution >= 4 is 28.5 Å². The highest BCUT2D eigenvalue weighted by Gasteiger charge is 2.32. The highest BCUT2D eigenvalue weighted by Crippen LogP contribution is 2.35. The van der Waals surface area contributed by atoms with Gasteiger partial charge in [0, 0.05) is 31.4 Å². The maximum absolute atomic E-state index is 13.6. The molecule has 2 N–H and O–H groups in total. The van der Waals surface area contributed by atoms with Crippen LogP contribution in [-0.2, 0) is 25.7 Å². The summed E-state index contributed by atoms with van der Waals surface area (Å²) in [6.07, 6.45) is -4.66. The van der Waals surface area contributed by atoms with Gasteiger partial charge in [0.05, 0.1) is 16.5 Å². The summed E-state index contributed by atoms with van der Waals surface area (Å²) >= 11 is 0. The number of aromatic carboxylic acids is 1. The van der Waals surface area contributed by atoms with Gasteiger partial charge in [-0.1, -0.05) is 18.2 Å². The van der Waals surface area contributed by atoms with E-state index in [1.54, 1.807) is 29.2 Å². The van der Waals surface area contributed by atoms with Crippen LogP contribution in [0.5, 0.6) is 0 Å². The fourth-order valence-electron chi connectivity index (χ4n) is 4.50. The summed E-state index contributed by atoms with van der Waals surface area (Å²) < 4.78 is 60.5. The van der Waals surface area contributed by atoms with Crippen LogP contribution < -0.4 is 15.6 Å². The number of rotatable bonds is 6. The molecular formula is C27H20F4N2O4. The third-order valence-corrected chi connectivity index (χ3v) is 6.29. The predicted octanol–water partition coefficient (Wildman–Crippen LogP) is 5.82. The van der Waals surface area contributed by atoms with Crippen molar-refractivity contribution in [1.82, 2.24) is 0 Å². The van der Waals surface area contributed by atoms with Gasteiger partial charge in [0.15, 0.2) is 5.43 Å². The van der Waals surface area contributed by atoms with E-state index in [0.717, 1.165) is 29.3 Å². The molecule has 2 heterocycles. The Morgan fingerprint density at radius 2 is 1.78 bits per heavy atom. The summed E-state index contributed by atoms with van der Waals surface area (Å²) in [6, 6.07) is 13.4. The van der Waals surface area contributed by atoms with Crippen LogP contribution in [-0.4, -0.2) is 17.6 Å². The van der Waals surface area contributed by atoms with Crippen molar-refractivity contribution < 1.29 is 31.9 Å². The second-order valence-electron chi connectivity index (χ2n) is 8.76. The minimum Gasteiger partial charge on any atom is -0.478 e. The second-order valence-corrected chi connectivity index (χ2v) is 8.76. The number of carboxylic acids is 1. The molecule has 1 aliphatic heterocycles. The molecule has 0 atom stereocenters. The smallest absolute Gasteiger partial charge is 0.416 e. The minimum atomic E-state index is -4.68. The average molecular weight is 512 g/mol. The van der Waals surface area contributed by atoms with Gasteiger partial charge >= 0.3 is 12.1 Å². The zero-order chi connectivity index (χ0) is 26.3. The van der Waals surface area contributed by atoms with Crippen LogP contribution in [0.4, 0.5) is 29.1 Å². The van der Waals surface area contributed by atoms with E-state index < -0.39 is 23.1 Å². The molecule has 0 saturated heterocycles. The molecule has 10 heteroatoms. The Hall–Kier alpha value is -4.34. The number of para-hydroxylation sites is 1. The molecule has 0 spiro atoms. The summed E-state index contributed by atoms with van der Waals surface area (Å²) in [5.41, 5.74) is 0.485. The van der Waals surface area contributed by atoms with Crippen molar-refractivity contribution in [3.05, 3.63) is 105 Å². The normalized spacial score (nSPS) is 13.1. The van der Waals surface area contributed by atoms with Crippen molar-refractivity contribution in [2.75, 3.05) is 16.8 Å². The van der Waals surface area contributed by atoms with Crippen molar-refractivity contribution in [3.8, 4) is 0 Å². The molecule has 190 valence electrons. The summed E-state index contributed by atoms with van der Waals surface area (Å²) in [5, 5.41) is 12.1. The lowest BCUT2D eigenvalue weighted by atomic mass is 10.0. The van der Waals surface area contributed by atoms with E-state index in [1.807, 2.05) is 0 Å². The number of carbonyl (C=O) groups is 1. The number of halogens is 4. The van der Waals surface area contributed by atoms with Gasteiger partial charge in [-0.3, -0.25) is 4.79 Å². The topological polar surface area (TPSA) is 82.8 Å². The number of alkyl halides is 3. The largest absolute Gasteiger partial charge is 0.478 e. The van der Waals surface area contributed by atoms with Gasteiger partial charge in [-0.25, -0.2) is 9.18 Å². The Balaban J connectivity index is 1.51. The predicted molar refractivity (Wildman–Crippen MR) is 129 cm³/mol. The van der Waals surface area contributed by atoms with Crippen LogP contribution in [0.2, 0.25) is 0 Å². The fraction of sp³-hybridized carbons (Fsp3) is 0.185. The Bertz CT molecular complexity index is 1580. The lowest BCUT2D eigenvalue weighted by Crippen LogP contribution is -2.18. The highest BCUT2D eigenvalue weighted by atomic mass is 19.4. The van der Waals surface area contributed by atoms with Crippen LogP contribution in [0.1, 0.15) is 32.6 Å². The van der Waals surface area contributed by atoms with E-state index in [-0.39, 0.29) is 53.3 Å². The molecule has 0 unspecified atom stereocenters. The number of nitrogens with one attached hydrogen (secondary N) is 1. The number of hydrogen-bond acceptors (Lipinski definition) is 5. The number of anilines is 2. The molecule has 4 aromatic rings. The highest BCUT2D eigenvalue weighted by molar-refractivity contribution is 5.94. The molecule has 1 aliphatic rings. The maximum atomic E-state index is 13.6. The summed E-state index contributed by atoms with van der Waals surface area (Å²) in [6.45, 7) is 0.724. The van der Waals surface area contributed by atoms with Gasteiger partial charge in [0.1, 0.15) is 11.4 Å².